The second-order valence-electron chi connectivity index (χ2n) is 6.76. The zero-order valence-corrected chi connectivity index (χ0v) is 12.9. The molecular formula is C19H26N2. The van der Waals surface area contributed by atoms with Gasteiger partial charge < -0.3 is 0 Å². The van der Waals surface area contributed by atoms with E-state index in [4.69, 9.17) is 0 Å². The summed E-state index contributed by atoms with van der Waals surface area (Å²) in [6, 6.07) is 14.0. The van der Waals surface area contributed by atoms with Crippen LogP contribution in [0.5, 0.6) is 0 Å². The fourth-order valence-electron chi connectivity index (χ4n) is 4.14. The lowest BCUT2D eigenvalue weighted by Gasteiger charge is -2.41. The normalized spacial score (nSPS) is 28.1. The predicted molar refractivity (Wildman–Crippen MR) is 85.8 cm³/mol. The molecule has 2 aliphatic rings. The topological polar surface area (TPSA) is 27.0 Å². The lowest BCUT2D eigenvalue weighted by Crippen LogP contribution is -2.46. The molecule has 1 aromatic carbocycles. The van der Waals surface area contributed by atoms with Crippen LogP contribution in [-0.4, -0.2) is 24.0 Å². The maximum absolute atomic E-state index is 9.36. The number of hydrogen-bond acceptors (Lipinski definition) is 2. The smallest absolute Gasteiger partial charge is 0.0672 e. The van der Waals surface area contributed by atoms with Gasteiger partial charge in [-0.1, -0.05) is 43.2 Å². The molecule has 1 saturated carbocycles. The zero-order valence-electron chi connectivity index (χ0n) is 12.9. The van der Waals surface area contributed by atoms with Crippen molar-refractivity contribution in [1.29, 1.82) is 5.26 Å². The van der Waals surface area contributed by atoms with Gasteiger partial charge in [0.05, 0.1) is 12.0 Å². The summed E-state index contributed by atoms with van der Waals surface area (Å²) in [6.45, 7) is 2.39. The third kappa shape index (κ3) is 3.66. The Morgan fingerprint density at radius 2 is 1.71 bits per heavy atom. The summed E-state index contributed by atoms with van der Waals surface area (Å²) in [5, 5.41) is 9.36. The van der Waals surface area contributed by atoms with E-state index in [0.717, 1.165) is 12.3 Å². The van der Waals surface area contributed by atoms with Gasteiger partial charge in [-0.25, -0.2) is 0 Å². The summed E-state index contributed by atoms with van der Waals surface area (Å²) in [6.07, 6.45) is 8.73. The van der Waals surface area contributed by atoms with Crippen molar-refractivity contribution in [1.82, 2.24) is 4.90 Å². The molecule has 1 heterocycles. The van der Waals surface area contributed by atoms with Crippen molar-refractivity contribution in [3.63, 3.8) is 0 Å². The first-order valence-electron chi connectivity index (χ1n) is 8.54. The second kappa shape index (κ2) is 7.09. The van der Waals surface area contributed by atoms with Gasteiger partial charge in [-0.3, -0.25) is 4.90 Å². The molecule has 0 spiro atoms. The Kier molecular flexibility index (Phi) is 4.93. The van der Waals surface area contributed by atoms with Gasteiger partial charge in [0, 0.05) is 6.04 Å². The number of rotatable bonds is 3. The molecule has 1 saturated heterocycles. The molecule has 0 radical (unpaired) electrons. The van der Waals surface area contributed by atoms with E-state index < -0.39 is 0 Å². The molecule has 2 atom stereocenters. The zero-order chi connectivity index (χ0) is 14.5. The summed E-state index contributed by atoms with van der Waals surface area (Å²) in [4.78, 5) is 2.62. The quantitative estimate of drug-likeness (QED) is 0.837. The van der Waals surface area contributed by atoms with Gasteiger partial charge in [0.2, 0.25) is 0 Å². The molecular weight excluding hydrogens is 256 g/mol. The molecule has 3 rings (SSSR count). The number of likely N-dealkylation sites (tertiary alicyclic amines) is 1. The molecule has 2 unspecified atom stereocenters. The van der Waals surface area contributed by atoms with Gasteiger partial charge in [-0.15, -0.1) is 0 Å². The number of nitriles is 1. The Hall–Kier alpha value is -1.33. The van der Waals surface area contributed by atoms with Gasteiger partial charge in [0.15, 0.2) is 0 Å². The first-order valence-corrected chi connectivity index (χ1v) is 8.54. The van der Waals surface area contributed by atoms with Crippen LogP contribution in [0.2, 0.25) is 0 Å². The van der Waals surface area contributed by atoms with Crippen molar-refractivity contribution in [3.8, 4) is 6.07 Å². The molecule has 2 heteroatoms. The van der Waals surface area contributed by atoms with Gasteiger partial charge in [0.1, 0.15) is 0 Å². The molecule has 112 valence electrons. The average molecular weight is 282 g/mol. The Morgan fingerprint density at radius 1 is 1.00 bits per heavy atom. The minimum absolute atomic E-state index is 0.282. The second-order valence-corrected chi connectivity index (χ2v) is 6.76. The monoisotopic (exact) mass is 282 g/mol. The molecule has 1 aliphatic heterocycles. The minimum Gasteiger partial charge on any atom is -0.299 e. The highest BCUT2D eigenvalue weighted by Crippen LogP contribution is 2.31. The molecule has 2 fully saturated rings. The highest BCUT2D eigenvalue weighted by molar-refractivity contribution is 5.15. The molecule has 0 aromatic heterocycles. The van der Waals surface area contributed by atoms with E-state index in [0.29, 0.717) is 6.04 Å². The van der Waals surface area contributed by atoms with Crippen molar-refractivity contribution in [2.45, 2.75) is 51.0 Å². The molecule has 1 aromatic rings. The van der Waals surface area contributed by atoms with E-state index in [-0.39, 0.29) is 5.92 Å². The molecule has 0 amide bonds. The van der Waals surface area contributed by atoms with Crippen molar-refractivity contribution >= 4 is 0 Å². The van der Waals surface area contributed by atoms with E-state index >= 15 is 0 Å². The van der Waals surface area contributed by atoms with Crippen LogP contribution in [0.15, 0.2) is 30.3 Å². The summed E-state index contributed by atoms with van der Waals surface area (Å²) in [5.74, 6) is 1.11. The maximum atomic E-state index is 9.36. The van der Waals surface area contributed by atoms with E-state index in [1.807, 2.05) is 0 Å². The summed E-state index contributed by atoms with van der Waals surface area (Å²) >= 11 is 0. The standard InChI is InChI=1S/C19H26N2/c20-15-18-8-4-5-9-19(18)21-12-10-17(11-13-21)14-16-6-2-1-3-7-16/h1-3,6-7,17-19H,4-5,8-14H2. The van der Waals surface area contributed by atoms with Crippen molar-refractivity contribution in [3.05, 3.63) is 35.9 Å². The Balaban J connectivity index is 1.52. The minimum atomic E-state index is 0.282. The van der Waals surface area contributed by atoms with E-state index in [1.165, 1.54) is 57.2 Å². The average Bonchev–Trinajstić information content (AvgIpc) is 2.56. The first kappa shape index (κ1) is 14.6. The molecule has 1 aliphatic carbocycles. The lowest BCUT2D eigenvalue weighted by molar-refractivity contribution is 0.0857. The Bertz CT molecular complexity index is 468. The molecule has 0 bridgehead atoms. The van der Waals surface area contributed by atoms with Crippen LogP contribution in [-0.2, 0) is 6.42 Å². The van der Waals surface area contributed by atoms with E-state index in [9.17, 15) is 5.26 Å². The molecule has 21 heavy (non-hydrogen) atoms. The Labute approximate surface area is 128 Å². The van der Waals surface area contributed by atoms with Crippen molar-refractivity contribution in [2.24, 2.45) is 11.8 Å². The predicted octanol–water partition coefficient (Wildman–Crippen LogP) is 4.02. The molecule has 2 nitrogen and oxygen atoms in total. The van der Waals surface area contributed by atoms with E-state index in [2.05, 4.69) is 41.3 Å². The van der Waals surface area contributed by atoms with Crippen LogP contribution >= 0.6 is 0 Å². The van der Waals surface area contributed by atoms with E-state index in [1.54, 1.807) is 0 Å². The van der Waals surface area contributed by atoms with Gasteiger partial charge in [0.25, 0.3) is 0 Å². The first-order chi connectivity index (χ1) is 10.4. The van der Waals surface area contributed by atoms with Crippen LogP contribution in [0.25, 0.3) is 0 Å². The number of benzene rings is 1. The maximum Gasteiger partial charge on any atom is 0.0672 e. The van der Waals surface area contributed by atoms with Crippen molar-refractivity contribution < 1.29 is 0 Å². The van der Waals surface area contributed by atoms with Gasteiger partial charge in [-0.05, 0) is 56.7 Å². The SMILES string of the molecule is N#CC1CCCCC1N1CCC(Cc2ccccc2)CC1. The highest BCUT2D eigenvalue weighted by atomic mass is 15.2. The van der Waals surface area contributed by atoms with Crippen LogP contribution in [0.3, 0.4) is 0 Å². The van der Waals surface area contributed by atoms with Gasteiger partial charge in [-0.2, -0.15) is 5.26 Å². The summed E-state index contributed by atoms with van der Waals surface area (Å²) in [7, 11) is 0. The van der Waals surface area contributed by atoms with Crippen LogP contribution < -0.4 is 0 Å². The van der Waals surface area contributed by atoms with Crippen LogP contribution in [0.1, 0.15) is 44.1 Å². The lowest BCUT2D eigenvalue weighted by atomic mass is 9.82. The fourth-order valence-corrected chi connectivity index (χ4v) is 4.14. The highest BCUT2D eigenvalue weighted by Gasteiger charge is 2.32. The fraction of sp³-hybridized carbons (Fsp3) is 0.632. The largest absolute Gasteiger partial charge is 0.299 e. The summed E-state index contributed by atoms with van der Waals surface area (Å²) in [5.41, 5.74) is 1.48. The third-order valence-corrected chi connectivity index (χ3v) is 5.38. The van der Waals surface area contributed by atoms with Crippen LogP contribution in [0, 0.1) is 23.2 Å². The number of nitrogens with zero attached hydrogens (tertiary/aromatic N) is 2. The van der Waals surface area contributed by atoms with Crippen LogP contribution in [0.4, 0.5) is 0 Å². The molecule has 0 N–H and O–H groups in total. The van der Waals surface area contributed by atoms with Gasteiger partial charge >= 0.3 is 0 Å². The van der Waals surface area contributed by atoms with Crippen molar-refractivity contribution in [2.75, 3.05) is 13.1 Å². The number of hydrogen-bond donors (Lipinski definition) is 0. The summed E-state index contributed by atoms with van der Waals surface area (Å²) < 4.78 is 0. The number of piperidine rings is 1. The third-order valence-electron chi connectivity index (χ3n) is 5.38. The Morgan fingerprint density at radius 3 is 2.43 bits per heavy atom.